The predicted molar refractivity (Wildman–Crippen MR) is 143 cm³/mol. The van der Waals surface area contributed by atoms with E-state index in [-0.39, 0.29) is 29.3 Å². The normalized spacial score (nSPS) is 21.7. The van der Waals surface area contributed by atoms with E-state index in [2.05, 4.69) is 15.9 Å². The third-order valence-electron chi connectivity index (χ3n) is 5.75. The highest BCUT2D eigenvalue weighted by Crippen LogP contribution is 2.33. The largest absolute Gasteiger partial charge is 0.507 e. The summed E-state index contributed by atoms with van der Waals surface area (Å²) in [6.45, 7) is 4.05. The zero-order chi connectivity index (χ0) is 30.3. The Balaban J connectivity index is 1.90. The van der Waals surface area contributed by atoms with E-state index in [1.165, 1.54) is 18.2 Å². The molecule has 0 spiro atoms. The summed E-state index contributed by atoms with van der Waals surface area (Å²) in [5, 5.41) is 10.6. The Bertz CT molecular complexity index is 1290. The van der Waals surface area contributed by atoms with Crippen LogP contribution in [-0.4, -0.2) is 72.1 Å². The summed E-state index contributed by atoms with van der Waals surface area (Å²) >= 11 is 3.34. The standard InChI is InChI=1S/C28H29BrO12/c1-14(30)36-13-24-25(37-15(2)31)26(38-16(3)32)27(39-17(4)33)28(41-24)40-20-9-10-21(23(35)12-20)22(34)11-18-5-7-19(29)8-6-18/h5-10,12,24-28,35H,11,13H2,1-4H3/t24?,25-,26?,27?,28-/m1/s1. The van der Waals surface area contributed by atoms with Gasteiger partial charge in [-0.25, -0.2) is 0 Å². The monoisotopic (exact) mass is 636 g/mol. The number of rotatable bonds is 10. The zero-order valence-electron chi connectivity index (χ0n) is 22.7. The molecule has 3 unspecified atom stereocenters. The van der Waals surface area contributed by atoms with Gasteiger partial charge in [0, 0.05) is 44.7 Å². The molecule has 0 saturated carbocycles. The fourth-order valence-electron chi connectivity index (χ4n) is 4.12. The van der Waals surface area contributed by atoms with E-state index < -0.39 is 61.2 Å². The van der Waals surface area contributed by atoms with E-state index in [1.54, 1.807) is 24.3 Å². The number of benzene rings is 2. The van der Waals surface area contributed by atoms with Gasteiger partial charge in [0.2, 0.25) is 12.4 Å². The van der Waals surface area contributed by atoms with Gasteiger partial charge < -0.3 is 33.5 Å². The van der Waals surface area contributed by atoms with Crippen molar-refractivity contribution in [2.24, 2.45) is 0 Å². The van der Waals surface area contributed by atoms with Gasteiger partial charge in [-0.15, -0.1) is 0 Å². The van der Waals surface area contributed by atoms with Crippen molar-refractivity contribution in [1.29, 1.82) is 0 Å². The van der Waals surface area contributed by atoms with Crippen LogP contribution in [0.2, 0.25) is 0 Å². The van der Waals surface area contributed by atoms with E-state index in [1.807, 2.05) is 0 Å². The first-order valence-electron chi connectivity index (χ1n) is 12.4. The minimum atomic E-state index is -1.49. The van der Waals surface area contributed by atoms with E-state index >= 15 is 0 Å². The molecule has 3 rings (SSSR count). The van der Waals surface area contributed by atoms with Crippen LogP contribution in [-0.2, 0) is 49.3 Å². The second-order valence-electron chi connectivity index (χ2n) is 9.09. The number of carbonyl (C=O) groups is 5. The first-order valence-corrected chi connectivity index (χ1v) is 13.2. The summed E-state index contributed by atoms with van der Waals surface area (Å²) in [4.78, 5) is 60.1. The lowest BCUT2D eigenvalue weighted by molar-refractivity contribution is -0.288. The molecule has 220 valence electrons. The Morgan fingerprint density at radius 3 is 1.95 bits per heavy atom. The summed E-state index contributed by atoms with van der Waals surface area (Å²) in [5.41, 5.74) is 0.789. The van der Waals surface area contributed by atoms with Gasteiger partial charge >= 0.3 is 23.9 Å². The molecule has 2 aromatic rings. The van der Waals surface area contributed by atoms with Crippen LogP contribution < -0.4 is 4.74 Å². The van der Waals surface area contributed by atoms with Crippen molar-refractivity contribution in [2.75, 3.05) is 6.61 Å². The van der Waals surface area contributed by atoms with Gasteiger partial charge in [0.25, 0.3) is 0 Å². The summed E-state index contributed by atoms with van der Waals surface area (Å²) < 4.78 is 33.7. The van der Waals surface area contributed by atoms with Crippen molar-refractivity contribution in [3.8, 4) is 11.5 Å². The van der Waals surface area contributed by atoms with Gasteiger partial charge in [-0.05, 0) is 29.8 Å². The number of hydrogen-bond donors (Lipinski definition) is 1. The number of phenols is 1. The Labute approximate surface area is 243 Å². The second kappa shape index (κ2) is 14.1. The summed E-state index contributed by atoms with van der Waals surface area (Å²) in [5.74, 6) is -3.73. The van der Waals surface area contributed by atoms with Gasteiger partial charge in [-0.1, -0.05) is 28.1 Å². The molecule has 1 aliphatic heterocycles. The highest BCUT2D eigenvalue weighted by atomic mass is 79.9. The first-order chi connectivity index (χ1) is 19.3. The third-order valence-corrected chi connectivity index (χ3v) is 6.28. The first kappa shape index (κ1) is 31.6. The van der Waals surface area contributed by atoms with Crippen molar-refractivity contribution in [3.63, 3.8) is 0 Å². The number of aromatic hydroxyl groups is 1. The predicted octanol–water partition coefficient (Wildman–Crippen LogP) is 3.04. The maximum absolute atomic E-state index is 12.8. The fourth-order valence-corrected chi connectivity index (χ4v) is 4.39. The van der Waals surface area contributed by atoms with E-state index in [9.17, 15) is 29.1 Å². The van der Waals surface area contributed by atoms with Crippen LogP contribution in [0.1, 0.15) is 43.6 Å². The number of hydrogen-bond acceptors (Lipinski definition) is 12. The van der Waals surface area contributed by atoms with E-state index in [4.69, 9.17) is 28.4 Å². The number of ketones is 1. The van der Waals surface area contributed by atoms with Gasteiger partial charge in [-0.2, -0.15) is 0 Å². The molecule has 12 nitrogen and oxygen atoms in total. The molecule has 0 aliphatic carbocycles. The van der Waals surface area contributed by atoms with Gasteiger partial charge in [-0.3, -0.25) is 24.0 Å². The quantitative estimate of drug-likeness (QED) is 0.231. The number of carbonyl (C=O) groups excluding carboxylic acids is 5. The molecule has 13 heteroatoms. The molecule has 1 N–H and O–H groups in total. The topological polar surface area (TPSA) is 161 Å². The van der Waals surface area contributed by atoms with E-state index in [0.717, 1.165) is 37.7 Å². The van der Waals surface area contributed by atoms with Crippen LogP contribution in [0.4, 0.5) is 0 Å². The fraction of sp³-hybridized carbons (Fsp3) is 0.393. The van der Waals surface area contributed by atoms with Gasteiger partial charge in [0.1, 0.15) is 24.2 Å². The number of ether oxygens (including phenoxy) is 6. The molecule has 1 fully saturated rings. The Morgan fingerprint density at radius 1 is 0.805 bits per heavy atom. The molecule has 1 heterocycles. The summed E-state index contributed by atoms with van der Waals surface area (Å²) in [6.07, 6.45) is -6.86. The maximum Gasteiger partial charge on any atom is 0.303 e. The Morgan fingerprint density at radius 2 is 1.39 bits per heavy atom. The third kappa shape index (κ3) is 9.02. The van der Waals surface area contributed by atoms with Crippen LogP contribution in [0, 0.1) is 0 Å². The zero-order valence-corrected chi connectivity index (χ0v) is 24.2. The lowest BCUT2D eigenvalue weighted by atomic mass is 9.98. The molecule has 1 saturated heterocycles. The Hall–Kier alpha value is -3.97. The smallest absolute Gasteiger partial charge is 0.303 e. The highest BCUT2D eigenvalue weighted by molar-refractivity contribution is 9.10. The van der Waals surface area contributed by atoms with Crippen LogP contribution in [0.3, 0.4) is 0 Å². The number of Topliss-reactive ketones (excluding diaryl/α,β-unsaturated/α-hetero) is 1. The summed E-state index contributed by atoms with van der Waals surface area (Å²) in [6, 6.07) is 11.1. The Kier molecular flexibility index (Phi) is 10.8. The molecule has 0 aromatic heterocycles. The van der Waals surface area contributed by atoms with Crippen molar-refractivity contribution in [2.45, 2.75) is 64.8 Å². The van der Waals surface area contributed by atoms with Crippen molar-refractivity contribution in [1.82, 2.24) is 0 Å². The molecular formula is C28H29BrO12. The summed E-state index contributed by atoms with van der Waals surface area (Å²) in [7, 11) is 0. The number of esters is 4. The molecular weight excluding hydrogens is 608 g/mol. The van der Waals surface area contributed by atoms with Crippen LogP contribution in [0.15, 0.2) is 46.9 Å². The number of phenolic OH excluding ortho intramolecular Hbond substituents is 1. The number of halogens is 1. The molecule has 2 aromatic carbocycles. The van der Waals surface area contributed by atoms with Crippen LogP contribution in [0.5, 0.6) is 11.5 Å². The maximum atomic E-state index is 12.8. The SMILES string of the molecule is CC(=O)OCC1O[C@@H](Oc2ccc(C(=O)Cc3ccc(Br)cc3)c(O)c2)C(OC(C)=O)C(OC(C)=O)[C@@H]1OC(C)=O. The van der Waals surface area contributed by atoms with Crippen LogP contribution >= 0.6 is 15.9 Å². The highest BCUT2D eigenvalue weighted by Gasteiger charge is 2.53. The minimum absolute atomic E-state index is 0.00333. The molecule has 0 amide bonds. The van der Waals surface area contributed by atoms with E-state index in [0.29, 0.717) is 0 Å². The van der Waals surface area contributed by atoms with Crippen molar-refractivity contribution >= 4 is 45.6 Å². The molecule has 41 heavy (non-hydrogen) atoms. The lowest BCUT2D eigenvalue weighted by Gasteiger charge is -2.43. The van der Waals surface area contributed by atoms with Gasteiger partial charge in [0.15, 0.2) is 18.0 Å². The molecule has 0 bridgehead atoms. The van der Waals surface area contributed by atoms with Gasteiger partial charge in [0.05, 0.1) is 5.56 Å². The van der Waals surface area contributed by atoms with Crippen LogP contribution in [0.25, 0.3) is 0 Å². The lowest BCUT2D eigenvalue weighted by Crippen LogP contribution is -2.63. The van der Waals surface area contributed by atoms with Crippen molar-refractivity contribution < 1.29 is 57.5 Å². The molecule has 0 radical (unpaired) electrons. The minimum Gasteiger partial charge on any atom is -0.507 e. The average molecular weight is 637 g/mol. The molecule has 5 atom stereocenters. The molecule has 1 aliphatic rings. The second-order valence-corrected chi connectivity index (χ2v) is 10.0. The van der Waals surface area contributed by atoms with Crippen molar-refractivity contribution in [3.05, 3.63) is 58.1 Å². The average Bonchev–Trinajstić information content (AvgIpc) is 2.87.